The maximum Gasteiger partial charge on any atom is 0.320 e. The van der Waals surface area contributed by atoms with Crippen LogP contribution in [0, 0.1) is 5.92 Å². The Morgan fingerprint density at radius 1 is 1.10 bits per heavy atom. The van der Waals surface area contributed by atoms with Crippen LogP contribution in [0.5, 0.6) is 0 Å². The van der Waals surface area contributed by atoms with E-state index in [-0.39, 0.29) is 11.7 Å². The first-order chi connectivity index (χ1) is 14.3. The van der Waals surface area contributed by atoms with Gasteiger partial charge in [0.15, 0.2) is 0 Å². The maximum atomic E-state index is 13.6. The van der Waals surface area contributed by atoms with Crippen LogP contribution in [-0.4, -0.2) is 27.5 Å². The highest BCUT2D eigenvalue weighted by Gasteiger charge is 2.22. The molecular weight excluding hydrogens is 392 g/mol. The summed E-state index contributed by atoms with van der Waals surface area (Å²) >= 11 is 0. The predicted molar refractivity (Wildman–Crippen MR) is 111 cm³/mol. The topological polar surface area (TPSA) is 102 Å². The number of carbonyl (C=O) groups is 2. The molecule has 0 aliphatic heterocycles. The van der Waals surface area contributed by atoms with Gasteiger partial charge in [0.05, 0.1) is 11.0 Å². The monoisotopic (exact) mass is 415 g/mol. The number of hydrogen-bond donors (Lipinski definition) is 3. The molecule has 0 fully saturated rings. The minimum absolute atomic E-state index is 0.136. The van der Waals surface area contributed by atoms with Crippen molar-refractivity contribution in [2.24, 2.45) is 11.7 Å². The normalized spacial score (nSPS) is 12.3. The molecule has 4 N–H and O–H groups in total. The zero-order valence-electron chi connectivity index (χ0n) is 16.6. The van der Waals surface area contributed by atoms with E-state index in [2.05, 4.69) is 15.6 Å². The van der Waals surface area contributed by atoms with Gasteiger partial charge in [-0.1, -0.05) is 26.0 Å². The summed E-state index contributed by atoms with van der Waals surface area (Å²) in [5.74, 6) is -0.107. The zero-order valence-corrected chi connectivity index (χ0v) is 16.6. The molecule has 0 bridgehead atoms. The quantitative estimate of drug-likeness (QED) is 0.541. The number of benzene rings is 2. The fourth-order valence-electron chi connectivity index (χ4n) is 3.25. The van der Waals surface area contributed by atoms with Crippen LogP contribution in [0.4, 0.5) is 19.3 Å². The van der Waals surface area contributed by atoms with E-state index in [0.29, 0.717) is 28.7 Å². The lowest BCUT2D eigenvalue weighted by Gasteiger charge is -2.19. The van der Waals surface area contributed by atoms with E-state index in [0.717, 1.165) is 4.57 Å². The third kappa shape index (κ3) is 4.73. The molecule has 30 heavy (non-hydrogen) atoms. The smallest absolute Gasteiger partial charge is 0.320 e. The summed E-state index contributed by atoms with van der Waals surface area (Å²) < 4.78 is 28.2. The van der Waals surface area contributed by atoms with E-state index in [1.54, 1.807) is 48.5 Å². The van der Waals surface area contributed by atoms with E-state index >= 15 is 0 Å². The second-order valence-electron chi connectivity index (χ2n) is 7.33. The van der Waals surface area contributed by atoms with Crippen molar-refractivity contribution in [1.29, 1.82) is 0 Å². The number of amides is 3. The van der Waals surface area contributed by atoms with Gasteiger partial charge >= 0.3 is 12.6 Å². The highest BCUT2D eigenvalue weighted by Crippen LogP contribution is 2.30. The molecule has 158 valence electrons. The lowest BCUT2D eigenvalue weighted by molar-refractivity contribution is -0.118. The Labute approximate surface area is 172 Å². The van der Waals surface area contributed by atoms with Crippen molar-refractivity contribution in [3.8, 4) is 11.4 Å². The van der Waals surface area contributed by atoms with Crippen molar-refractivity contribution in [1.82, 2.24) is 14.9 Å². The fraction of sp³-hybridized carbons (Fsp3) is 0.286. The van der Waals surface area contributed by atoms with E-state index in [9.17, 15) is 18.4 Å². The number of primary amides is 1. The number of anilines is 1. The number of nitrogens with one attached hydrogen (secondary N) is 2. The molecule has 3 amide bonds. The molecule has 0 saturated heterocycles. The van der Waals surface area contributed by atoms with E-state index in [4.69, 9.17) is 5.73 Å². The molecule has 7 nitrogen and oxygen atoms in total. The number of rotatable bonds is 7. The number of nitrogens with two attached hydrogens (primary N) is 1. The average molecular weight is 415 g/mol. The largest absolute Gasteiger partial charge is 0.352 e. The summed E-state index contributed by atoms with van der Waals surface area (Å²) in [6.45, 7) is 1.10. The molecule has 3 rings (SSSR count). The second-order valence-corrected chi connectivity index (χ2v) is 7.33. The number of imidazole rings is 1. The minimum atomic E-state index is -2.75. The van der Waals surface area contributed by atoms with Crippen LogP contribution in [0.2, 0.25) is 0 Å². The van der Waals surface area contributed by atoms with Crippen molar-refractivity contribution in [2.75, 3.05) is 5.32 Å². The minimum Gasteiger partial charge on any atom is -0.352 e. The summed E-state index contributed by atoms with van der Waals surface area (Å²) in [5.41, 5.74) is 6.91. The third-order valence-corrected chi connectivity index (χ3v) is 4.54. The highest BCUT2D eigenvalue weighted by molar-refractivity contribution is 5.97. The van der Waals surface area contributed by atoms with Crippen molar-refractivity contribution < 1.29 is 18.4 Å². The molecule has 1 heterocycles. The molecule has 1 aromatic heterocycles. The van der Waals surface area contributed by atoms with Gasteiger partial charge in [-0.05, 0) is 48.7 Å². The average Bonchev–Trinajstić information content (AvgIpc) is 3.07. The fourth-order valence-corrected chi connectivity index (χ4v) is 3.25. The number of para-hydroxylation sites is 2. The number of urea groups is 1. The van der Waals surface area contributed by atoms with Gasteiger partial charge in [-0.15, -0.1) is 0 Å². The number of fused-ring (bicyclic) bond motifs is 1. The van der Waals surface area contributed by atoms with Crippen LogP contribution in [-0.2, 0) is 4.79 Å². The van der Waals surface area contributed by atoms with Gasteiger partial charge < -0.3 is 16.4 Å². The molecule has 1 atom stereocenters. The first-order valence-electron chi connectivity index (χ1n) is 9.48. The number of alkyl halides is 2. The Hall–Kier alpha value is -3.49. The molecular formula is C21H23F2N5O2. The van der Waals surface area contributed by atoms with Gasteiger partial charge in [-0.3, -0.25) is 9.36 Å². The van der Waals surface area contributed by atoms with E-state index in [1.807, 2.05) is 13.8 Å². The summed E-state index contributed by atoms with van der Waals surface area (Å²) in [5, 5.41) is 5.14. The standard InChI is InChI=1S/C21H23F2N5O2/c1-12(2)11-16(27-21(24)30)19(29)25-14-9-7-13(8-10-14)18-26-15-5-3-4-6-17(15)28(18)20(22)23/h3-10,12,16,20H,11H2,1-2H3,(H,25,29)(H3,24,27,30)/t16-/m1/s1. The molecule has 0 aliphatic carbocycles. The highest BCUT2D eigenvalue weighted by atomic mass is 19.3. The number of carbonyl (C=O) groups excluding carboxylic acids is 2. The molecule has 2 aromatic carbocycles. The Bertz CT molecular complexity index is 1050. The van der Waals surface area contributed by atoms with Crippen molar-refractivity contribution in [3.63, 3.8) is 0 Å². The first kappa shape index (κ1) is 21.2. The second kappa shape index (κ2) is 8.89. The molecule has 3 aromatic rings. The van der Waals surface area contributed by atoms with Crippen LogP contribution in [0.3, 0.4) is 0 Å². The van der Waals surface area contributed by atoms with Crippen LogP contribution >= 0.6 is 0 Å². The summed E-state index contributed by atoms with van der Waals surface area (Å²) in [6, 6.07) is 11.5. The van der Waals surface area contributed by atoms with E-state index in [1.165, 1.54) is 0 Å². The predicted octanol–water partition coefficient (Wildman–Crippen LogP) is 4.12. The molecule has 0 unspecified atom stereocenters. The molecule has 0 aliphatic rings. The lowest BCUT2D eigenvalue weighted by Crippen LogP contribution is -2.46. The molecule has 9 heteroatoms. The van der Waals surface area contributed by atoms with Crippen LogP contribution in [0.15, 0.2) is 48.5 Å². The molecule has 0 radical (unpaired) electrons. The number of hydrogen-bond acceptors (Lipinski definition) is 3. The zero-order chi connectivity index (χ0) is 21.8. The Balaban J connectivity index is 1.83. The number of halogens is 2. The van der Waals surface area contributed by atoms with Crippen LogP contribution in [0.1, 0.15) is 26.8 Å². The third-order valence-electron chi connectivity index (χ3n) is 4.54. The van der Waals surface area contributed by atoms with E-state index < -0.39 is 24.5 Å². The summed E-state index contributed by atoms with van der Waals surface area (Å²) in [4.78, 5) is 28.0. The van der Waals surface area contributed by atoms with Gasteiger partial charge in [-0.2, -0.15) is 8.78 Å². The summed E-state index contributed by atoms with van der Waals surface area (Å²) in [7, 11) is 0. The Morgan fingerprint density at radius 2 is 1.77 bits per heavy atom. The van der Waals surface area contributed by atoms with Crippen molar-refractivity contribution in [3.05, 3.63) is 48.5 Å². The van der Waals surface area contributed by atoms with Gasteiger partial charge in [0, 0.05) is 11.3 Å². The Kier molecular flexibility index (Phi) is 6.29. The first-order valence-corrected chi connectivity index (χ1v) is 9.48. The van der Waals surface area contributed by atoms with Gasteiger partial charge in [0.25, 0.3) is 0 Å². The number of aromatic nitrogens is 2. The Morgan fingerprint density at radius 3 is 2.37 bits per heavy atom. The van der Waals surface area contributed by atoms with Gasteiger partial charge in [0.1, 0.15) is 11.9 Å². The van der Waals surface area contributed by atoms with Gasteiger partial charge in [-0.25, -0.2) is 9.78 Å². The van der Waals surface area contributed by atoms with Crippen molar-refractivity contribution >= 4 is 28.7 Å². The number of nitrogens with zero attached hydrogens (tertiary/aromatic N) is 2. The maximum absolute atomic E-state index is 13.6. The van der Waals surface area contributed by atoms with Gasteiger partial charge in [0.2, 0.25) is 5.91 Å². The summed E-state index contributed by atoms with van der Waals surface area (Å²) in [6.07, 6.45) is 0.422. The van der Waals surface area contributed by atoms with Crippen LogP contribution < -0.4 is 16.4 Å². The molecule has 0 spiro atoms. The molecule has 0 saturated carbocycles. The van der Waals surface area contributed by atoms with Crippen molar-refractivity contribution in [2.45, 2.75) is 32.9 Å². The van der Waals surface area contributed by atoms with Crippen LogP contribution in [0.25, 0.3) is 22.4 Å². The SMILES string of the molecule is CC(C)C[C@@H](NC(N)=O)C(=O)Nc1ccc(-c2nc3ccccc3n2C(F)F)cc1. The lowest BCUT2D eigenvalue weighted by atomic mass is 10.0.